The minimum atomic E-state index is -0.732. The maximum Gasteiger partial charge on any atom is 0.268 e. The number of hydrogen-bond donors (Lipinski definition) is 3. The molecule has 0 bridgehead atoms. The van der Waals surface area contributed by atoms with Gasteiger partial charge in [0.1, 0.15) is 11.6 Å². The second-order valence-electron chi connectivity index (χ2n) is 8.49. The summed E-state index contributed by atoms with van der Waals surface area (Å²) in [6, 6.07) is 19.5. The van der Waals surface area contributed by atoms with E-state index in [1.54, 1.807) is 54.6 Å². The fraction of sp³-hybridized carbons (Fsp3) is 0.0345. The number of aliphatic imine (C=N–C) groups is 1. The molecule has 0 saturated carbocycles. The summed E-state index contributed by atoms with van der Waals surface area (Å²) in [5.74, 6) is -1.81. The summed E-state index contributed by atoms with van der Waals surface area (Å²) >= 11 is 0. The molecule has 0 radical (unpaired) electrons. The number of aromatic hydroxyl groups is 1. The largest absolute Gasteiger partial charge is 0.494 e. The topological polar surface area (TPSA) is 152 Å². The number of nitriles is 1. The van der Waals surface area contributed by atoms with Gasteiger partial charge >= 0.3 is 0 Å². The molecule has 3 N–H and O–H groups in total. The molecule has 3 aromatic carbocycles. The van der Waals surface area contributed by atoms with Crippen LogP contribution in [-0.4, -0.2) is 33.8 Å². The van der Waals surface area contributed by atoms with Crippen LogP contribution in [0.25, 0.3) is 0 Å². The molecule has 1 aliphatic rings. The number of pyridine rings is 1. The first-order valence-corrected chi connectivity index (χ1v) is 11.4. The number of rotatable bonds is 4. The van der Waals surface area contributed by atoms with Crippen molar-refractivity contribution in [2.45, 2.75) is 6.92 Å². The van der Waals surface area contributed by atoms with Crippen LogP contribution in [-0.2, 0) is 0 Å². The highest BCUT2D eigenvalue weighted by Gasteiger charge is 2.34. The lowest BCUT2D eigenvalue weighted by Crippen LogP contribution is -2.24. The van der Waals surface area contributed by atoms with Crippen LogP contribution in [0.4, 0.5) is 11.4 Å². The van der Waals surface area contributed by atoms with E-state index in [9.17, 15) is 29.5 Å². The van der Waals surface area contributed by atoms with Crippen molar-refractivity contribution < 1.29 is 19.5 Å². The summed E-state index contributed by atoms with van der Waals surface area (Å²) in [6.45, 7) is 1.49. The minimum Gasteiger partial charge on any atom is -0.494 e. The van der Waals surface area contributed by atoms with Gasteiger partial charge < -0.3 is 10.4 Å². The molecule has 0 aliphatic heterocycles. The molecule has 4 aromatic rings. The van der Waals surface area contributed by atoms with Gasteiger partial charge in [-0.3, -0.25) is 29.2 Å². The Kier molecular flexibility index (Phi) is 5.99. The molecule has 0 saturated heterocycles. The van der Waals surface area contributed by atoms with Crippen LogP contribution < -0.4 is 10.9 Å². The van der Waals surface area contributed by atoms with Crippen LogP contribution in [0, 0.1) is 18.3 Å². The average molecular weight is 502 g/mol. The summed E-state index contributed by atoms with van der Waals surface area (Å²) in [7, 11) is 0. The number of fused-ring (bicyclic) bond motifs is 2. The first kappa shape index (κ1) is 24.1. The maximum atomic E-state index is 13.6. The molecule has 0 unspecified atom stereocenters. The molecule has 1 aromatic heterocycles. The van der Waals surface area contributed by atoms with Gasteiger partial charge in [-0.15, -0.1) is 0 Å². The predicted molar refractivity (Wildman–Crippen MR) is 140 cm³/mol. The highest BCUT2D eigenvalue weighted by atomic mass is 16.3. The fourth-order valence-electron chi connectivity index (χ4n) is 4.37. The van der Waals surface area contributed by atoms with Gasteiger partial charge in [0.05, 0.1) is 28.1 Å². The Morgan fingerprint density at radius 2 is 1.61 bits per heavy atom. The monoisotopic (exact) mass is 502 g/mol. The van der Waals surface area contributed by atoms with E-state index in [1.165, 1.54) is 31.3 Å². The average Bonchev–Trinajstić information content (AvgIpc) is 2.92. The third-order valence-corrected chi connectivity index (χ3v) is 6.27. The van der Waals surface area contributed by atoms with E-state index in [4.69, 9.17) is 0 Å². The van der Waals surface area contributed by atoms with Crippen molar-refractivity contribution in [3.63, 3.8) is 0 Å². The molecule has 184 valence electrons. The number of ketones is 2. The number of aromatic nitrogens is 1. The first-order chi connectivity index (χ1) is 18.3. The molecular weight excluding hydrogens is 484 g/mol. The third-order valence-electron chi connectivity index (χ3n) is 6.27. The highest BCUT2D eigenvalue weighted by Crippen LogP contribution is 2.36. The summed E-state index contributed by atoms with van der Waals surface area (Å²) < 4.78 is 0. The number of carbonyl (C=O) groups excluding carboxylic acids is 3. The van der Waals surface area contributed by atoms with Crippen LogP contribution in [0.3, 0.4) is 0 Å². The molecule has 5 rings (SSSR count). The molecule has 0 fully saturated rings. The summed E-state index contributed by atoms with van der Waals surface area (Å²) in [4.78, 5) is 58.3. The SMILES string of the molecule is Cc1c(C=Nc2cccc3c2C(=O)c2cccc(NC(=O)c4ccccc4)c2C3=O)c(O)[nH]c(=O)c1C#N. The molecule has 0 spiro atoms. The number of nitrogens with one attached hydrogen (secondary N) is 2. The summed E-state index contributed by atoms with van der Waals surface area (Å²) in [6.07, 6.45) is 1.22. The highest BCUT2D eigenvalue weighted by molar-refractivity contribution is 6.32. The quantitative estimate of drug-likeness (QED) is 0.315. The van der Waals surface area contributed by atoms with Gasteiger partial charge in [0, 0.05) is 22.9 Å². The van der Waals surface area contributed by atoms with E-state index in [0.717, 1.165) is 0 Å². The molecule has 1 heterocycles. The van der Waals surface area contributed by atoms with Gasteiger partial charge in [0.2, 0.25) is 5.88 Å². The normalized spacial score (nSPS) is 12.1. The van der Waals surface area contributed by atoms with E-state index in [-0.39, 0.29) is 50.3 Å². The minimum absolute atomic E-state index is 0.0647. The van der Waals surface area contributed by atoms with Gasteiger partial charge in [-0.1, -0.05) is 42.5 Å². The smallest absolute Gasteiger partial charge is 0.268 e. The molecule has 1 aliphatic carbocycles. The molecule has 38 heavy (non-hydrogen) atoms. The number of carbonyl (C=O) groups is 3. The number of anilines is 1. The molecule has 9 nitrogen and oxygen atoms in total. The number of benzene rings is 3. The number of H-pyrrole nitrogens is 1. The van der Waals surface area contributed by atoms with Crippen LogP contribution >= 0.6 is 0 Å². The lowest BCUT2D eigenvalue weighted by molar-refractivity contribution is 0.0979. The maximum absolute atomic E-state index is 13.6. The van der Waals surface area contributed by atoms with Crippen molar-refractivity contribution in [1.29, 1.82) is 5.26 Å². The Hall–Kier alpha value is -5.62. The Bertz CT molecular complexity index is 1800. The Morgan fingerprint density at radius 1 is 0.947 bits per heavy atom. The first-order valence-electron chi connectivity index (χ1n) is 11.4. The molecular formula is C29H18N4O5. The second kappa shape index (κ2) is 9.44. The van der Waals surface area contributed by atoms with Crippen molar-refractivity contribution >= 4 is 35.1 Å². The van der Waals surface area contributed by atoms with Crippen LogP contribution in [0.15, 0.2) is 76.5 Å². The molecule has 1 amide bonds. The van der Waals surface area contributed by atoms with Crippen molar-refractivity contribution in [3.05, 3.63) is 122 Å². The van der Waals surface area contributed by atoms with Crippen LogP contribution in [0.1, 0.15) is 58.9 Å². The number of nitrogens with zero attached hydrogens (tertiary/aromatic N) is 2. The Labute approximate surface area is 215 Å². The Morgan fingerprint density at radius 3 is 2.32 bits per heavy atom. The van der Waals surface area contributed by atoms with E-state index in [1.807, 2.05) is 0 Å². The van der Waals surface area contributed by atoms with Crippen molar-refractivity contribution in [1.82, 2.24) is 4.98 Å². The van der Waals surface area contributed by atoms with E-state index >= 15 is 0 Å². The van der Waals surface area contributed by atoms with E-state index < -0.39 is 28.9 Å². The van der Waals surface area contributed by atoms with Crippen LogP contribution in [0.5, 0.6) is 5.88 Å². The van der Waals surface area contributed by atoms with Gasteiger partial charge in [0.15, 0.2) is 11.6 Å². The third kappa shape index (κ3) is 3.96. The number of hydrogen-bond acceptors (Lipinski definition) is 7. The second-order valence-corrected chi connectivity index (χ2v) is 8.49. The zero-order valence-corrected chi connectivity index (χ0v) is 19.9. The zero-order valence-electron chi connectivity index (χ0n) is 19.9. The lowest BCUT2D eigenvalue weighted by Gasteiger charge is -2.21. The summed E-state index contributed by atoms with van der Waals surface area (Å²) in [5, 5.41) is 22.2. The number of aromatic amines is 1. The van der Waals surface area contributed by atoms with Gasteiger partial charge in [0.25, 0.3) is 11.5 Å². The number of amides is 1. The van der Waals surface area contributed by atoms with Crippen molar-refractivity contribution in [2.24, 2.45) is 4.99 Å². The summed E-state index contributed by atoms with van der Waals surface area (Å²) in [5.41, 5.74) is 0.558. The van der Waals surface area contributed by atoms with Crippen molar-refractivity contribution in [3.8, 4) is 11.9 Å². The van der Waals surface area contributed by atoms with E-state index in [2.05, 4.69) is 15.3 Å². The molecule has 9 heteroatoms. The van der Waals surface area contributed by atoms with Gasteiger partial charge in [-0.05, 0) is 36.8 Å². The van der Waals surface area contributed by atoms with Crippen molar-refractivity contribution in [2.75, 3.05) is 5.32 Å². The van der Waals surface area contributed by atoms with Crippen LogP contribution in [0.2, 0.25) is 0 Å². The zero-order chi connectivity index (χ0) is 27.0. The fourth-order valence-corrected chi connectivity index (χ4v) is 4.37. The van der Waals surface area contributed by atoms with Gasteiger partial charge in [-0.25, -0.2) is 0 Å². The van der Waals surface area contributed by atoms with Gasteiger partial charge in [-0.2, -0.15) is 5.26 Å². The molecule has 0 atom stereocenters. The lowest BCUT2D eigenvalue weighted by atomic mass is 9.82. The predicted octanol–water partition coefficient (Wildman–Crippen LogP) is 4.04. The standard InChI is InChI=1S/C29H18N4O5/c1-15-19(13-30)28(37)33-29(38)20(15)14-31-21-11-5-9-17-23(21)25(34)18-10-6-12-22(24(18)26(17)35)32-27(36)16-7-3-2-4-8-16/h2-12,14H,1H3,(H,32,36)(H2,33,37,38). The van der Waals surface area contributed by atoms with E-state index in [0.29, 0.717) is 5.56 Å². The Balaban J connectivity index is 1.56.